The van der Waals surface area contributed by atoms with Gasteiger partial charge in [-0.25, -0.2) is 0 Å². The fourth-order valence-electron chi connectivity index (χ4n) is 2.83. The van der Waals surface area contributed by atoms with E-state index >= 15 is 0 Å². The van der Waals surface area contributed by atoms with E-state index in [9.17, 15) is 0 Å². The van der Waals surface area contributed by atoms with Crippen LogP contribution >= 0.6 is 0 Å². The minimum atomic E-state index is 0.409. The number of likely N-dealkylation sites (tertiary alicyclic amines) is 1. The Morgan fingerprint density at radius 1 is 1.19 bits per heavy atom. The van der Waals surface area contributed by atoms with Gasteiger partial charge < -0.3 is 19.7 Å². The van der Waals surface area contributed by atoms with Crippen LogP contribution < -0.4 is 14.8 Å². The third-order valence-corrected chi connectivity index (χ3v) is 4.56. The number of benzene rings is 1. The molecule has 0 aromatic heterocycles. The quantitative estimate of drug-likeness (QED) is 0.873. The zero-order valence-electron chi connectivity index (χ0n) is 13.7. The average molecular weight is 292 g/mol. The topological polar surface area (TPSA) is 33.7 Å². The van der Waals surface area contributed by atoms with Crippen LogP contribution in [0, 0.1) is 5.41 Å². The van der Waals surface area contributed by atoms with Gasteiger partial charge in [0.05, 0.1) is 14.2 Å². The lowest BCUT2D eigenvalue weighted by molar-refractivity contribution is 0.136. The number of nitrogens with zero attached hydrogens (tertiary/aromatic N) is 1. The molecule has 0 saturated carbocycles. The fraction of sp³-hybridized carbons (Fsp3) is 0.647. The first-order valence-corrected chi connectivity index (χ1v) is 7.66. The molecule has 1 aromatic carbocycles. The third kappa shape index (κ3) is 4.35. The molecule has 0 unspecified atom stereocenters. The van der Waals surface area contributed by atoms with Gasteiger partial charge in [-0.2, -0.15) is 0 Å². The Labute approximate surface area is 128 Å². The Morgan fingerprint density at radius 3 is 2.52 bits per heavy atom. The highest BCUT2D eigenvalue weighted by molar-refractivity contribution is 5.40. The monoisotopic (exact) mass is 292 g/mol. The van der Waals surface area contributed by atoms with E-state index in [4.69, 9.17) is 9.47 Å². The first kappa shape index (κ1) is 16.1. The second-order valence-corrected chi connectivity index (χ2v) is 6.40. The number of nitrogens with one attached hydrogen (secondary N) is 1. The smallest absolute Gasteiger partial charge is 0.127 e. The molecule has 0 aliphatic carbocycles. The molecule has 1 saturated heterocycles. The number of piperidine rings is 1. The van der Waals surface area contributed by atoms with Gasteiger partial charge in [0.15, 0.2) is 0 Å². The van der Waals surface area contributed by atoms with Crippen molar-refractivity contribution in [3.63, 3.8) is 0 Å². The minimum absolute atomic E-state index is 0.409. The molecule has 4 heteroatoms. The van der Waals surface area contributed by atoms with Crippen LogP contribution in [0.4, 0.5) is 0 Å². The second-order valence-electron chi connectivity index (χ2n) is 6.40. The van der Waals surface area contributed by atoms with E-state index in [1.54, 1.807) is 14.2 Å². The molecule has 0 radical (unpaired) electrons. The molecule has 0 amide bonds. The highest BCUT2D eigenvalue weighted by atomic mass is 16.5. The summed E-state index contributed by atoms with van der Waals surface area (Å²) in [5.41, 5.74) is 1.58. The van der Waals surface area contributed by atoms with Gasteiger partial charge >= 0.3 is 0 Å². The van der Waals surface area contributed by atoms with Gasteiger partial charge in [-0.1, -0.05) is 13.0 Å². The summed E-state index contributed by atoms with van der Waals surface area (Å²) in [4.78, 5) is 2.41. The van der Waals surface area contributed by atoms with E-state index in [-0.39, 0.29) is 0 Å². The number of ether oxygens (including phenoxy) is 2. The average Bonchev–Trinajstić information content (AvgIpc) is 2.51. The molecule has 21 heavy (non-hydrogen) atoms. The van der Waals surface area contributed by atoms with Crippen molar-refractivity contribution in [1.29, 1.82) is 0 Å². The van der Waals surface area contributed by atoms with Crippen LogP contribution in [-0.4, -0.2) is 45.8 Å². The van der Waals surface area contributed by atoms with Crippen LogP contribution in [0.3, 0.4) is 0 Å². The van der Waals surface area contributed by atoms with Gasteiger partial charge in [-0.05, 0) is 44.5 Å². The lowest BCUT2D eigenvalue weighted by atomic mass is 9.80. The van der Waals surface area contributed by atoms with Crippen LogP contribution in [0.5, 0.6) is 11.5 Å². The molecule has 1 heterocycles. The van der Waals surface area contributed by atoms with Gasteiger partial charge in [0, 0.05) is 24.7 Å². The molecule has 1 N–H and O–H groups in total. The lowest BCUT2D eigenvalue weighted by Crippen LogP contribution is -2.41. The van der Waals surface area contributed by atoms with E-state index in [1.807, 2.05) is 12.1 Å². The third-order valence-electron chi connectivity index (χ3n) is 4.56. The van der Waals surface area contributed by atoms with Crippen molar-refractivity contribution in [3.05, 3.63) is 23.8 Å². The van der Waals surface area contributed by atoms with Gasteiger partial charge in [0.2, 0.25) is 0 Å². The summed E-state index contributed by atoms with van der Waals surface area (Å²) in [7, 11) is 5.58. The number of methoxy groups -OCH3 is 2. The van der Waals surface area contributed by atoms with Crippen LogP contribution in [-0.2, 0) is 6.54 Å². The number of rotatable bonds is 6. The molecule has 1 aliphatic rings. The van der Waals surface area contributed by atoms with Crippen LogP contribution in [0.2, 0.25) is 0 Å². The van der Waals surface area contributed by atoms with Crippen molar-refractivity contribution in [3.8, 4) is 11.5 Å². The molecule has 0 spiro atoms. The summed E-state index contributed by atoms with van der Waals surface area (Å²) in [5.74, 6) is 1.72. The SMILES string of the molecule is COc1ccc(CNCC2(C)CCN(C)CC2)c(OC)c1. The van der Waals surface area contributed by atoms with E-state index < -0.39 is 0 Å². The lowest BCUT2D eigenvalue weighted by Gasteiger charge is -2.38. The van der Waals surface area contributed by atoms with E-state index in [0.29, 0.717) is 5.41 Å². The predicted octanol–water partition coefficient (Wildman–Crippen LogP) is 2.53. The first-order chi connectivity index (χ1) is 10.1. The largest absolute Gasteiger partial charge is 0.497 e. The summed E-state index contributed by atoms with van der Waals surface area (Å²) in [6, 6.07) is 5.99. The Balaban J connectivity index is 1.88. The Bertz CT molecular complexity index is 454. The van der Waals surface area contributed by atoms with Gasteiger partial charge in [0.1, 0.15) is 11.5 Å². The Kier molecular flexibility index (Phi) is 5.48. The van der Waals surface area contributed by atoms with Crippen molar-refractivity contribution in [1.82, 2.24) is 10.2 Å². The number of hydrogen-bond donors (Lipinski definition) is 1. The normalized spacial score (nSPS) is 18.5. The molecule has 1 aromatic rings. The van der Waals surface area contributed by atoms with Crippen LogP contribution in [0.15, 0.2) is 18.2 Å². The molecule has 0 bridgehead atoms. The van der Waals surface area contributed by atoms with Crippen molar-refractivity contribution in [2.45, 2.75) is 26.3 Å². The summed E-state index contributed by atoms with van der Waals surface area (Å²) in [6.45, 7) is 6.67. The summed E-state index contributed by atoms with van der Waals surface area (Å²) >= 11 is 0. The van der Waals surface area contributed by atoms with Crippen LogP contribution in [0.1, 0.15) is 25.3 Å². The predicted molar refractivity (Wildman–Crippen MR) is 86.1 cm³/mol. The van der Waals surface area contributed by atoms with E-state index in [0.717, 1.165) is 24.6 Å². The fourth-order valence-corrected chi connectivity index (χ4v) is 2.83. The highest BCUT2D eigenvalue weighted by Crippen LogP contribution is 2.30. The first-order valence-electron chi connectivity index (χ1n) is 7.66. The highest BCUT2D eigenvalue weighted by Gasteiger charge is 2.28. The Morgan fingerprint density at radius 2 is 1.90 bits per heavy atom. The van der Waals surface area contributed by atoms with E-state index in [1.165, 1.54) is 31.5 Å². The summed E-state index contributed by atoms with van der Waals surface area (Å²) < 4.78 is 10.7. The van der Waals surface area contributed by atoms with Crippen molar-refractivity contribution >= 4 is 0 Å². The molecule has 0 atom stereocenters. The van der Waals surface area contributed by atoms with E-state index in [2.05, 4.69) is 30.3 Å². The maximum absolute atomic E-state index is 5.44. The summed E-state index contributed by atoms with van der Waals surface area (Å²) in [6.07, 6.45) is 2.52. The molecule has 1 aliphatic heterocycles. The molecular formula is C17H28N2O2. The molecule has 1 fully saturated rings. The molecule has 4 nitrogen and oxygen atoms in total. The molecular weight excluding hydrogens is 264 g/mol. The van der Waals surface area contributed by atoms with Crippen molar-refractivity contribution < 1.29 is 9.47 Å². The maximum atomic E-state index is 5.44. The zero-order valence-corrected chi connectivity index (χ0v) is 13.7. The van der Waals surface area contributed by atoms with Gasteiger partial charge in [0.25, 0.3) is 0 Å². The zero-order chi connectivity index (χ0) is 15.3. The van der Waals surface area contributed by atoms with Gasteiger partial charge in [-0.15, -0.1) is 0 Å². The number of hydrogen-bond acceptors (Lipinski definition) is 4. The molecule has 118 valence electrons. The maximum Gasteiger partial charge on any atom is 0.127 e. The van der Waals surface area contributed by atoms with Crippen molar-refractivity contribution in [2.24, 2.45) is 5.41 Å². The second kappa shape index (κ2) is 7.14. The minimum Gasteiger partial charge on any atom is -0.497 e. The Hall–Kier alpha value is -1.26. The van der Waals surface area contributed by atoms with Crippen LogP contribution in [0.25, 0.3) is 0 Å². The molecule has 2 rings (SSSR count). The standard InChI is InChI=1S/C17H28N2O2/c1-17(7-9-19(2)10-8-17)13-18-12-14-5-6-15(20-3)11-16(14)21-4/h5-6,11,18H,7-10,12-13H2,1-4H3. The van der Waals surface area contributed by atoms with Gasteiger partial charge in [-0.3, -0.25) is 0 Å². The summed E-state index contributed by atoms with van der Waals surface area (Å²) in [5, 5.41) is 3.60. The van der Waals surface area contributed by atoms with Crippen molar-refractivity contribution in [2.75, 3.05) is 40.9 Å².